The van der Waals surface area contributed by atoms with Crippen LogP contribution >= 0.6 is 0 Å². The first-order valence-electron chi connectivity index (χ1n) is 4.94. The Hall–Kier alpha value is -0.0969. The van der Waals surface area contributed by atoms with Crippen LogP contribution in [0.5, 0.6) is 0 Å². The molecule has 0 N–H and O–H groups in total. The molecule has 1 radical (unpaired) electrons. The van der Waals surface area contributed by atoms with Gasteiger partial charge in [0.15, 0.2) is 0 Å². The van der Waals surface area contributed by atoms with Gasteiger partial charge in [-0.3, -0.25) is 0 Å². The zero-order chi connectivity index (χ0) is 9.54. The van der Waals surface area contributed by atoms with Crippen LogP contribution in [-0.2, 0) is 32.6 Å². The van der Waals surface area contributed by atoms with Crippen molar-refractivity contribution in [3.8, 4) is 11.1 Å². The number of halogens is 2. The van der Waals surface area contributed by atoms with Gasteiger partial charge < -0.3 is 24.8 Å². The predicted molar refractivity (Wildman–Crippen MR) is 58.3 cm³/mol. The van der Waals surface area contributed by atoms with Crippen molar-refractivity contribution in [3.63, 3.8) is 0 Å². The molecule has 17 heavy (non-hydrogen) atoms. The first-order valence-corrected chi connectivity index (χ1v) is 4.94. The summed E-state index contributed by atoms with van der Waals surface area (Å²) >= 11 is 0. The molecule has 0 atom stereocenters. The average molecular weight is 341 g/mol. The summed E-state index contributed by atoms with van der Waals surface area (Å²) in [6, 6.07) is 16.3. The van der Waals surface area contributed by atoms with Crippen LogP contribution in [0.25, 0.3) is 11.1 Å². The summed E-state index contributed by atoms with van der Waals surface area (Å²) in [5, 5.41) is 0. The van der Waals surface area contributed by atoms with Crippen molar-refractivity contribution in [3.05, 3.63) is 59.2 Å². The van der Waals surface area contributed by atoms with Gasteiger partial charge in [-0.25, -0.2) is 0 Å². The van der Waals surface area contributed by atoms with E-state index in [0.717, 1.165) is 6.42 Å². The van der Waals surface area contributed by atoms with Crippen LogP contribution in [0.4, 0.5) is 0 Å². The first kappa shape index (κ1) is 16.9. The summed E-state index contributed by atoms with van der Waals surface area (Å²) in [6.45, 7) is 2.15. The van der Waals surface area contributed by atoms with Gasteiger partial charge in [0.25, 0.3) is 0 Å². The molecule has 0 amide bonds. The molecular formula is C14H11Cl2Zr. The Bertz CT molecular complexity index is 509. The van der Waals surface area contributed by atoms with Crippen LogP contribution in [0, 0.1) is 13.0 Å². The van der Waals surface area contributed by atoms with Gasteiger partial charge in [0, 0.05) is 0 Å². The fraction of sp³-hybridized carbons (Fsp3) is 0.143. The Morgan fingerprint density at radius 1 is 1.06 bits per heavy atom. The average Bonchev–Trinajstić information content (AvgIpc) is 2.54. The second kappa shape index (κ2) is 6.73. The molecule has 0 saturated carbocycles. The van der Waals surface area contributed by atoms with E-state index in [1.807, 2.05) is 6.07 Å². The summed E-state index contributed by atoms with van der Waals surface area (Å²) in [4.78, 5) is 0. The van der Waals surface area contributed by atoms with Crippen molar-refractivity contribution in [2.24, 2.45) is 0 Å². The topological polar surface area (TPSA) is 0 Å². The van der Waals surface area contributed by atoms with E-state index < -0.39 is 0 Å². The minimum atomic E-state index is 0. The molecule has 0 saturated heterocycles. The van der Waals surface area contributed by atoms with E-state index in [4.69, 9.17) is 0 Å². The van der Waals surface area contributed by atoms with Crippen LogP contribution in [0.1, 0.15) is 16.7 Å². The third kappa shape index (κ3) is 3.02. The molecule has 0 fully saturated rings. The molecule has 2 aromatic carbocycles. The van der Waals surface area contributed by atoms with Crippen LogP contribution in [-0.4, -0.2) is 0 Å². The molecule has 0 bridgehead atoms. The molecule has 85 valence electrons. The van der Waals surface area contributed by atoms with E-state index in [-0.39, 0.29) is 51.0 Å². The molecule has 0 spiro atoms. The fourth-order valence-electron chi connectivity index (χ4n) is 2.19. The zero-order valence-electron chi connectivity index (χ0n) is 9.43. The Morgan fingerprint density at radius 2 is 1.82 bits per heavy atom. The third-order valence-electron chi connectivity index (χ3n) is 2.86. The van der Waals surface area contributed by atoms with Gasteiger partial charge in [-0.2, -0.15) is 29.8 Å². The normalized spacial score (nSPS) is 10.2. The number of fused-ring (bicyclic) bond motifs is 3. The van der Waals surface area contributed by atoms with Crippen molar-refractivity contribution in [2.45, 2.75) is 13.3 Å². The Labute approximate surface area is 134 Å². The van der Waals surface area contributed by atoms with Crippen molar-refractivity contribution in [1.82, 2.24) is 0 Å². The SMILES string of the molecule is Cc1ccc2c(c1)Cc1[c-]cccc1-2.[Cl-].[Cl-].[Zr+3]. The van der Waals surface area contributed by atoms with E-state index in [2.05, 4.69) is 43.3 Å². The third-order valence-corrected chi connectivity index (χ3v) is 2.86. The minimum Gasteiger partial charge on any atom is -1.00 e. The Kier molecular flexibility index (Phi) is 6.70. The van der Waals surface area contributed by atoms with Crippen LogP contribution in [0.15, 0.2) is 36.4 Å². The summed E-state index contributed by atoms with van der Waals surface area (Å²) in [7, 11) is 0. The van der Waals surface area contributed by atoms with Gasteiger partial charge in [0.2, 0.25) is 0 Å². The standard InChI is InChI=1S/C14H11.2ClH.Zr/c1-10-6-7-14-12(8-10)9-11-4-2-3-5-13(11)14;;;/h2-3,5-8H,9H2,1H3;2*1H;/q-1;;;+3/p-2. The second-order valence-electron chi connectivity index (χ2n) is 3.90. The molecular weight excluding hydrogens is 330 g/mol. The summed E-state index contributed by atoms with van der Waals surface area (Å²) in [6.07, 6.45) is 1.05. The molecule has 1 aliphatic carbocycles. The number of aryl methyl sites for hydroxylation is 1. The zero-order valence-corrected chi connectivity index (χ0v) is 13.4. The molecule has 0 heterocycles. The van der Waals surface area contributed by atoms with E-state index in [1.54, 1.807) is 0 Å². The smallest absolute Gasteiger partial charge is 1.00 e. The quantitative estimate of drug-likeness (QED) is 0.393. The van der Waals surface area contributed by atoms with E-state index >= 15 is 0 Å². The van der Waals surface area contributed by atoms with Gasteiger partial charge in [0.1, 0.15) is 0 Å². The molecule has 3 heteroatoms. The molecule has 3 rings (SSSR count). The van der Waals surface area contributed by atoms with Crippen molar-refractivity contribution in [2.75, 3.05) is 0 Å². The molecule has 0 aliphatic heterocycles. The largest absolute Gasteiger partial charge is 3.00 e. The molecule has 1 aliphatic rings. The van der Waals surface area contributed by atoms with Crippen LogP contribution in [0.3, 0.4) is 0 Å². The summed E-state index contributed by atoms with van der Waals surface area (Å²) in [5.74, 6) is 0. The van der Waals surface area contributed by atoms with E-state index in [0.29, 0.717) is 0 Å². The Morgan fingerprint density at radius 3 is 2.59 bits per heavy atom. The monoisotopic (exact) mass is 339 g/mol. The second-order valence-corrected chi connectivity index (χ2v) is 3.90. The maximum absolute atomic E-state index is 3.32. The van der Waals surface area contributed by atoms with E-state index in [1.165, 1.54) is 27.8 Å². The van der Waals surface area contributed by atoms with Crippen LogP contribution < -0.4 is 24.8 Å². The van der Waals surface area contributed by atoms with Gasteiger partial charge >= 0.3 is 26.2 Å². The van der Waals surface area contributed by atoms with Gasteiger partial charge in [-0.15, -0.1) is 5.56 Å². The van der Waals surface area contributed by atoms with Crippen molar-refractivity contribution in [1.29, 1.82) is 0 Å². The maximum Gasteiger partial charge on any atom is 3.00 e. The maximum atomic E-state index is 3.32. The number of benzene rings is 2. The number of hydrogen-bond acceptors (Lipinski definition) is 0. The molecule has 0 aromatic heterocycles. The number of hydrogen-bond donors (Lipinski definition) is 0. The van der Waals surface area contributed by atoms with Crippen LogP contribution in [0.2, 0.25) is 0 Å². The molecule has 2 aromatic rings. The summed E-state index contributed by atoms with van der Waals surface area (Å²) in [5.41, 5.74) is 6.89. The van der Waals surface area contributed by atoms with Gasteiger partial charge in [-0.05, 0) is 18.9 Å². The predicted octanol–water partition coefficient (Wildman–Crippen LogP) is -2.63. The van der Waals surface area contributed by atoms with Gasteiger partial charge in [-0.1, -0.05) is 29.3 Å². The minimum absolute atomic E-state index is 0. The Balaban J connectivity index is 0.000000853. The summed E-state index contributed by atoms with van der Waals surface area (Å²) < 4.78 is 0. The molecule has 0 unspecified atom stereocenters. The van der Waals surface area contributed by atoms with Crippen molar-refractivity contribution >= 4 is 0 Å². The number of rotatable bonds is 0. The van der Waals surface area contributed by atoms with Gasteiger partial charge in [0.05, 0.1) is 0 Å². The first-order chi connectivity index (χ1) is 6.84. The van der Waals surface area contributed by atoms with Crippen molar-refractivity contribution < 1.29 is 51.0 Å². The fourth-order valence-corrected chi connectivity index (χ4v) is 2.19. The molecule has 0 nitrogen and oxygen atoms in total. The van der Waals surface area contributed by atoms with E-state index in [9.17, 15) is 0 Å².